The van der Waals surface area contributed by atoms with Crippen LogP contribution in [0.5, 0.6) is 11.5 Å². The summed E-state index contributed by atoms with van der Waals surface area (Å²) in [7, 11) is 0. The van der Waals surface area contributed by atoms with Crippen LogP contribution in [0.25, 0.3) is 0 Å². The van der Waals surface area contributed by atoms with Gasteiger partial charge in [-0.15, -0.1) is 0 Å². The van der Waals surface area contributed by atoms with E-state index in [0.717, 1.165) is 5.75 Å². The van der Waals surface area contributed by atoms with E-state index in [1.54, 1.807) is 34.1 Å². The number of hydrogen-bond acceptors (Lipinski definition) is 5. The van der Waals surface area contributed by atoms with Crippen molar-refractivity contribution < 1.29 is 23.9 Å². The summed E-state index contributed by atoms with van der Waals surface area (Å²) in [4.78, 5) is 39.6. The van der Waals surface area contributed by atoms with Crippen LogP contribution in [0, 0.1) is 0 Å². The van der Waals surface area contributed by atoms with Crippen molar-refractivity contribution in [3.63, 3.8) is 0 Å². The van der Waals surface area contributed by atoms with Gasteiger partial charge in [0.1, 0.15) is 11.5 Å². The third-order valence-corrected chi connectivity index (χ3v) is 4.59. The van der Waals surface area contributed by atoms with E-state index in [1.807, 2.05) is 30.3 Å². The molecule has 2 aromatic rings. The minimum Gasteiger partial charge on any atom is -0.493 e. The van der Waals surface area contributed by atoms with E-state index in [4.69, 9.17) is 9.47 Å². The fourth-order valence-electron chi connectivity index (χ4n) is 3.13. The zero-order valence-corrected chi connectivity index (χ0v) is 16.4. The number of amides is 2. The molecule has 7 nitrogen and oxygen atoms in total. The number of rotatable bonds is 6. The maximum absolute atomic E-state index is 12.7. The lowest BCUT2D eigenvalue weighted by Crippen LogP contribution is -2.50. The van der Waals surface area contributed by atoms with E-state index in [0.29, 0.717) is 50.5 Å². The molecule has 0 radical (unpaired) electrons. The van der Waals surface area contributed by atoms with Crippen LogP contribution in [0.15, 0.2) is 54.6 Å². The first kappa shape index (κ1) is 20.4. The highest BCUT2D eigenvalue weighted by Gasteiger charge is 2.25. The first-order chi connectivity index (χ1) is 14.0. The van der Waals surface area contributed by atoms with Gasteiger partial charge in [0.05, 0.1) is 13.0 Å². The lowest BCUT2D eigenvalue weighted by molar-refractivity contribution is -0.133. The SMILES string of the molecule is CC(=O)Oc1cccc(C(=O)N2CCN(C(=O)CCOc3ccccc3)CC2)c1. The number of piperazine rings is 1. The van der Waals surface area contributed by atoms with Gasteiger partial charge in [-0.05, 0) is 30.3 Å². The van der Waals surface area contributed by atoms with Crippen molar-refractivity contribution in [2.45, 2.75) is 13.3 Å². The summed E-state index contributed by atoms with van der Waals surface area (Å²) >= 11 is 0. The van der Waals surface area contributed by atoms with E-state index in [-0.39, 0.29) is 11.8 Å². The van der Waals surface area contributed by atoms with E-state index >= 15 is 0 Å². The Bertz CT molecular complexity index is 861. The monoisotopic (exact) mass is 396 g/mol. The van der Waals surface area contributed by atoms with Crippen LogP contribution in [0.2, 0.25) is 0 Å². The highest BCUT2D eigenvalue weighted by Crippen LogP contribution is 2.17. The third-order valence-electron chi connectivity index (χ3n) is 4.59. The van der Waals surface area contributed by atoms with Gasteiger partial charge in [0.25, 0.3) is 5.91 Å². The zero-order valence-electron chi connectivity index (χ0n) is 16.4. The minimum atomic E-state index is -0.432. The summed E-state index contributed by atoms with van der Waals surface area (Å²) in [6.45, 7) is 3.53. The van der Waals surface area contributed by atoms with Crippen LogP contribution in [0.1, 0.15) is 23.7 Å². The predicted octanol–water partition coefficient (Wildman–Crippen LogP) is 2.37. The number of carbonyl (C=O) groups excluding carboxylic acids is 3. The fourth-order valence-corrected chi connectivity index (χ4v) is 3.13. The number of carbonyl (C=O) groups is 3. The van der Waals surface area contributed by atoms with E-state index in [9.17, 15) is 14.4 Å². The number of nitrogens with zero attached hydrogens (tertiary/aromatic N) is 2. The van der Waals surface area contributed by atoms with Gasteiger partial charge in [0.15, 0.2) is 0 Å². The number of ether oxygens (including phenoxy) is 2. The fraction of sp³-hybridized carbons (Fsp3) is 0.318. The second kappa shape index (κ2) is 9.73. The minimum absolute atomic E-state index is 0.0184. The molecule has 0 unspecified atom stereocenters. The summed E-state index contributed by atoms with van der Waals surface area (Å²) in [6, 6.07) is 15.9. The Labute approximate surface area is 169 Å². The molecule has 0 bridgehead atoms. The average Bonchev–Trinajstić information content (AvgIpc) is 2.74. The van der Waals surface area contributed by atoms with Gasteiger partial charge in [0, 0.05) is 38.7 Å². The second-order valence-electron chi connectivity index (χ2n) is 6.71. The van der Waals surface area contributed by atoms with Crippen LogP contribution in [-0.2, 0) is 9.59 Å². The summed E-state index contributed by atoms with van der Waals surface area (Å²) < 4.78 is 10.6. The van der Waals surface area contributed by atoms with Crippen LogP contribution < -0.4 is 9.47 Å². The van der Waals surface area contributed by atoms with Crippen molar-refractivity contribution in [2.75, 3.05) is 32.8 Å². The molecule has 3 rings (SSSR count). The van der Waals surface area contributed by atoms with E-state index < -0.39 is 5.97 Å². The smallest absolute Gasteiger partial charge is 0.308 e. The van der Waals surface area contributed by atoms with Gasteiger partial charge in [-0.2, -0.15) is 0 Å². The molecule has 29 heavy (non-hydrogen) atoms. The Kier molecular flexibility index (Phi) is 6.84. The molecule has 152 valence electrons. The standard InChI is InChI=1S/C22H24N2O5/c1-17(25)29-20-9-5-6-18(16-20)22(27)24-13-11-23(12-14-24)21(26)10-15-28-19-7-3-2-4-8-19/h2-9,16H,10-15H2,1H3. The van der Waals surface area contributed by atoms with Gasteiger partial charge in [-0.25, -0.2) is 0 Å². The average molecular weight is 396 g/mol. The Balaban J connectivity index is 1.46. The molecule has 2 amide bonds. The molecule has 1 saturated heterocycles. The first-order valence-corrected chi connectivity index (χ1v) is 9.56. The van der Waals surface area contributed by atoms with Crippen LogP contribution in [0.3, 0.4) is 0 Å². The third kappa shape index (κ3) is 5.81. The largest absolute Gasteiger partial charge is 0.493 e. The molecule has 0 saturated carbocycles. The van der Waals surface area contributed by atoms with Gasteiger partial charge in [-0.3, -0.25) is 14.4 Å². The van der Waals surface area contributed by atoms with Crippen LogP contribution >= 0.6 is 0 Å². The topological polar surface area (TPSA) is 76.2 Å². The molecule has 0 atom stereocenters. The lowest BCUT2D eigenvalue weighted by Gasteiger charge is -2.35. The summed E-state index contributed by atoms with van der Waals surface area (Å²) in [5.41, 5.74) is 0.458. The molecule has 0 N–H and O–H groups in total. The van der Waals surface area contributed by atoms with Crippen LogP contribution in [0.4, 0.5) is 0 Å². The summed E-state index contributed by atoms with van der Waals surface area (Å²) in [6.07, 6.45) is 0.299. The number of hydrogen-bond donors (Lipinski definition) is 0. The quantitative estimate of drug-likeness (QED) is 0.554. The van der Waals surface area contributed by atoms with Crippen molar-refractivity contribution in [2.24, 2.45) is 0 Å². The van der Waals surface area contributed by atoms with Crippen molar-refractivity contribution in [3.05, 3.63) is 60.2 Å². The van der Waals surface area contributed by atoms with Crippen LogP contribution in [-0.4, -0.2) is 60.4 Å². The summed E-state index contributed by atoms with van der Waals surface area (Å²) in [5.74, 6) is 0.531. The molecule has 0 spiro atoms. The molecule has 1 aliphatic heterocycles. The molecule has 0 aliphatic carbocycles. The predicted molar refractivity (Wildman–Crippen MR) is 107 cm³/mol. The van der Waals surface area contributed by atoms with Crippen molar-refractivity contribution in [1.82, 2.24) is 9.80 Å². The Morgan fingerprint density at radius 2 is 1.52 bits per heavy atom. The molecule has 2 aromatic carbocycles. The summed E-state index contributed by atoms with van der Waals surface area (Å²) in [5, 5.41) is 0. The first-order valence-electron chi connectivity index (χ1n) is 9.56. The van der Waals surface area contributed by atoms with Crippen molar-refractivity contribution in [3.8, 4) is 11.5 Å². The Morgan fingerprint density at radius 1 is 0.862 bits per heavy atom. The van der Waals surface area contributed by atoms with Gasteiger partial charge in [-0.1, -0.05) is 24.3 Å². The van der Waals surface area contributed by atoms with Gasteiger partial charge >= 0.3 is 5.97 Å². The van der Waals surface area contributed by atoms with Gasteiger partial charge in [0.2, 0.25) is 5.91 Å². The van der Waals surface area contributed by atoms with Crippen molar-refractivity contribution >= 4 is 17.8 Å². The van der Waals surface area contributed by atoms with Crippen molar-refractivity contribution in [1.29, 1.82) is 0 Å². The molecule has 0 aromatic heterocycles. The molecular weight excluding hydrogens is 372 g/mol. The number of esters is 1. The Hall–Kier alpha value is -3.35. The highest BCUT2D eigenvalue weighted by molar-refractivity contribution is 5.95. The maximum Gasteiger partial charge on any atom is 0.308 e. The Morgan fingerprint density at radius 3 is 2.21 bits per heavy atom. The zero-order chi connectivity index (χ0) is 20.6. The molecule has 1 fully saturated rings. The number of benzene rings is 2. The molecule has 1 heterocycles. The second-order valence-corrected chi connectivity index (χ2v) is 6.71. The maximum atomic E-state index is 12.7. The van der Waals surface area contributed by atoms with E-state index in [1.165, 1.54) is 6.92 Å². The molecule has 1 aliphatic rings. The highest BCUT2D eigenvalue weighted by atomic mass is 16.5. The molecule has 7 heteroatoms. The van der Waals surface area contributed by atoms with E-state index in [2.05, 4.69) is 0 Å². The van der Waals surface area contributed by atoms with Gasteiger partial charge < -0.3 is 19.3 Å². The molecular formula is C22H24N2O5. The number of para-hydroxylation sites is 1. The normalized spacial score (nSPS) is 13.7. The lowest BCUT2D eigenvalue weighted by atomic mass is 10.1.